The molecule has 0 aliphatic carbocycles. The predicted octanol–water partition coefficient (Wildman–Crippen LogP) is 2.15. The molecule has 2 rings (SSSR count). The van der Waals surface area contributed by atoms with Crippen molar-refractivity contribution in [2.24, 2.45) is 0 Å². The Hall–Kier alpha value is -2.22. The molecule has 8 nitrogen and oxygen atoms in total. The van der Waals surface area contributed by atoms with Crippen molar-refractivity contribution in [1.29, 1.82) is 0 Å². The van der Waals surface area contributed by atoms with E-state index in [1.807, 2.05) is 4.57 Å². The van der Waals surface area contributed by atoms with Gasteiger partial charge in [-0.25, -0.2) is 15.0 Å². The minimum absolute atomic E-state index is 0.122. The molecule has 0 bridgehead atoms. The lowest BCUT2D eigenvalue weighted by Crippen LogP contribution is -2.21. The van der Waals surface area contributed by atoms with Crippen LogP contribution in [0.15, 0.2) is 12.7 Å². The van der Waals surface area contributed by atoms with Gasteiger partial charge in [0, 0.05) is 6.42 Å². The molecule has 132 valence electrons. The topological polar surface area (TPSA) is 127 Å². The van der Waals surface area contributed by atoms with Crippen molar-refractivity contribution >= 4 is 23.0 Å². The Labute approximate surface area is 140 Å². The second-order valence-electron chi connectivity index (χ2n) is 6.09. The Morgan fingerprint density at radius 1 is 1.21 bits per heavy atom. The van der Waals surface area contributed by atoms with Crippen LogP contribution in [-0.2, 0) is 4.79 Å². The van der Waals surface area contributed by atoms with Crippen molar-refractivity contribution in [3.63, 3.8) is 0 Å². The maximum absolute atomic E-state index is 10.5. The Bertz CT molecular complexity index is 671. The van der Waals surface area contributed by atoms with Gasteiger partial charge >= 0.3 is 5.97 Å². The number of nitrogens with zero attached hydrogens (tertiary/aromatic N) is 4. The van der Waals surface area contributed by atoms with E-state index < -0.39 is 12.1 Å². The Balaban J connectivity index is 1.90. The fourth-order valence-electron chi connectivity index (χ4n) is 2.89. The second kappa shape index (κ2) is 8.58. The summed E-state index contributed by atoms with van der Waals surface area (Å²) in [4.78, 5) is 22.9. The van der Waals surface area contributed by atoms with Gasteiger partial charge in [0.2, 0.25) is 0 Å². The number of anilines is 1. The van der Waals surface area contributed by atoms with Gasteiger partial charge in [0.1, 0.15) is 11.8 Å². The van der Waals surface area contributed by atoms with E-state index >= 15 is 0 Å². The summed E-state index contributed by atoms with van der Waals surface area (Å²) in [5.74, 6) is -0.404. The summed E-state index contributed by atoms with van der Waals surface area (Å²) < 4.78 is 1.86. The molecule has 8 heteroatoms. The first kappa shape index (κ1) is 18.1. The van der Waals surface area contributed by atoms with Gasteiger partial charge in [0.05, 0.1) is 18.5 Å². The van der Waals surface area contributed by atoms with Crippen LogP contribution in [0.5, 0.6) is 0 Å². The van der Waals surface area contributed by atoms with Gasteiger partial charge in [0.25, 0.3) is 0 Å². The molecule has 24 heavy (non-hydrogen) atoms. The van der Waals surface area contributed by atoms with E-state index in [9.17, 15) is 9.90 Å². The van der Waals surface area contributed by atoms with Gasteiger partial charge < -0.3 is 20.5 Å². The molecule has 2 aromatic heterocycles. The zero-order valence-electron chi connectivity index (χ0n) is 13.9. The van der Waals surface area contributed by atoms with E-state index in [4.69, 9.17) is 10.8 Å². The number of carbonyl (C=O) groups is 1. The van der Waals surface area contributed by atoms with Crippen LogP contribution < -0.4 is 5.73 Å². The van der Waals surface area contributed by atoms with E-state index in [1.165, 1.54) is 6.33 Å². The quantitative estimate of drug-likeness (QED) is 0.568. The lowest BCUT2D eigenvalue weighted by atomic mass is 10.0. The molecular weight excluding hydrogens is 310 g/mol. The minimum Gasteiger partial charge on any atom is -0.481 e. The fourth-order valence-corrected chi connectivity index (χ4v) is 2.89. The van der Waals surface area contributed by atoms with E-state index in [0.717, 1.165) is 38.5 Å². The summed E-state index contributed by atoms with van der Waals surface area (Å²) in [5, 5.41) is 18.7. The highest BCUT2D eigenvalue weighted by Gasteiger charge is 2.20. The number of hydrogen-bond donors (Lipinski definition) is 3. The summed E-state index contributed by atoms with van der Waals surface area (Å²) in [6, 6.07) is -0.122. The number of imidazole rings is 1. The van der Waals surface area contributed by atoms with Crippen molar-refractivity contribution < 1.29 is 15.0 Å². The smallest absolute Gasteiger partial charge is 0.303 e. The number of unbranched alkanes of at least 4 members (excludes halogenated alkanes) is 4. The summed E-state index contributed by atoms with van der Waals surface area (Å²) in [7, 11) is 0. The molecular formula is C16H25N5O3. The first-order valence-corrected chi connectivity index (χ1v) is 8.33. The summed E-state index contributed by atoms with van der Waals surface area (Å²) in [5.41, 5.74) is 6.99. The average Bonchev–Trinajstić information content (AvgIpc) is 2.94. The molecule has 4 N–H and O–H groups in total. The highest BCUT2D eigenvalue weighted by Crippen LogP contribution is 2.25. The number of fused-ring (bicyclic) bond motifs is 1. The Morgan fingerprint density at radius 2 is 1.92 bits per heavy atom. The molecule has 2 atom stereocenters. The van der Waals surface area contributed by atoms with Crippen molar-refractivity contribution in [2.75, 3.05) is 5.73 Å². The maximum Gasteiger partial charge on any atom is 0.303 e. The third-order valence-corrected chi connectivity index (χ3v) is 4.19. The van der Waals surface area contributed by atoms with Crippen LogP contribution in [0.1, 0.15) is 57.9 Å². The minimum atomic E-state index is -0.739. The van der Waals surface area contributed by atoms with Crippen LogP contribution in [0.3, 0.4) is 0 Å². The molecule has 0 radical (unpaired) electrons. The van der Waals surface area contributed by atoms with Crippen molar-refractivity contribution in [2.45, 2.75) is 64.0 Å². The Kier molecular flexibility index (Phi) is 6.48. The fraction of sp³-hybridized carbons (Fsp3) is 0.625. The average molecular weight is 335 g/mol. The third kappa shape index (κ3) is 4.64. The second-order valence-corrected chi connectivity index (χ2v) is 6.09. The number of hydrogen-bond acceptors (Lipinski definition) is 6. The maximum atomic E-state index is 10.5. The molecule has 0 fully saturated rings. The summed E-state index contributed by atoms with van der Waals surface area (Å²) >= 11 is 0. The number of nitrogen functional groups attached to an aromatic ring is 1. The number of carboxylic acids is 1. The molecule has 2 heterocycles. The van der Waals surface area contributed by atoms with Crippen LogP contribution in [-0.4, -0.2) is 41.8 Å². The van der Waals surface area contributed by atoms with Crippen LogP contribution >= 0.6 is 0 Å². The number of rotatable bonds is 10. The first-order chi connectivity index (χ1) is 11.5. The number of aliphatic carboxylic acids is 1. The van der Waals surface area contributed by atoms with Gasteiger partial charge in [-0.15, -0.1) is 0 Å². The van der Waals surface area contributed by atoms with Gasteiger partial charge in [-0.05, 0) is 19.8 Å². The highest BCUT2D eigenvalue weighted by atomic mass is 16.4. The van der Waals surface area contributed by atoms with Crippen molar-refractivity contribution in [3.05, 3.63) is 12.7 Å². The number of carboxylic acid groups (broad SMARTS) is 1. The van der Waals surface area contributed by atoms with E-state index in [-0.39, 0.29) is 12.5 Å². The molecule has 0 aromatic carbocycles. The number of nitrogens with two attached hydrogens (primary N) is 1. The molecule has 0 spiro atoms. The highest BCUT2D eigenvalue weighted by molar-refractivity contribution is 5.81. The largest absolute Gasteiger partial charge is 0.481 e. The molecule has 0 aliphatic heterocycles. The zero-order valence-corrected chi connectivity index (χ0v) is 13.9. The van der Waals surface area contributed by atoms with Gasteiger partial charge in [-0.2, -0.15) is 0 Å². The Morgan fingerprint density at radius 3 is 2.62 bits per heavy atom. The molecule has 2 aromatic rings. The zero-order chi connectivity index (χ0) is 17.5. The SMILES string of the molecule is C[C@@H](O)C(CCCCCCCC(=O)O)n1cnc2c(N)ncnc21. The lowest BCUT2D eigenvalue weighted by molar-refractivity contribution is -0.137. The number of aromatic nitrogens is 4. The van der Waals surface area contributed by atoms with Crippen molar-refractivity contribution in [3.8, 4) is 0 Å². The number of aliphatic hydroxyl groups is 1. The van der Waals surface area contributed by atoms with Crippen LogP contribution in [0.4, 0.5) is 5.82 Å². The van der Waals surface area contributed by atoms with Crippen LogP contribution in [0.2, 0.25) is 0 Å². The monoisotopic (exact) mass is 335 g/mol. The molecule has 0 amide bonds. The van der Waals surface area contributed by atoms with Crippen LogP contribution in [0, 0.1) is 0 Å². The molecule has 1 unspecified atom stereocenters. The van der Waals surface area contributed by atoms with Gasteiger partial charge in [-0.3, -0.25) is 4.79 Å². The molecule has 0 saturated heterocycles. The number of aliphatic hydroxyl groups excluding tert-OH is 1. The van der Waals surface area contributed by atoms with E-state index in [0.29, 0.717) is 17.0 Å². The van der Waals surface area contributed by atoms with Crippen LogP contribution in [0.25, 0.3) is 11.2 Å². The summed E-state index contributed by atoms with van der Waals surface area (Å²) in [6.07, 6.45) is 8.14. The molecule has 0 saturated carbocycles. The van der Waals surface area contributed by atoms with Gasteiger partial charge in [0.15, 0.2) is 11.5 Å². The van der Waals surface area contributed by atoms with E-state index in [1.54, 1.807) is 13.3 Å². The predicted molar refractivity (Wildman–Crippen MR) is 90.4 cm³/mol. The molecule has 0 aliphatic rings. The van der Waals surface area contributed by atoms with E-state index in [2.05, 4.69) is 15.0 Å². The third-order valence-electron chi connectivity index (χ3n) is 4.19. The van der Waals surface area contributed by atoms with Crippen molar-refractivity contribution in [1.82, 2.24) is 19.5 Å². The van der Waals surface area contributed by atoms with Gasteiger partial charge in [-0.1, -0.05) is 25.7 Å². The summed E-state index contributed by atoms with van der Waals surface area (Å²) in [6.45, 7) is 1.76. The standard InChI is InChI=1S/C16H25N5O3/c1-11(22)12(7-5-3-2-4-6-8-13(23)24)21-10-20-14-15(17)18-9-19-16(14)21/h9-12,22H,2-8H2,1H3,(H,23,24)(H2,17,18,19)/t11-,12?/m1/s1. The normalized spacial score (nSPS) is 13.9. The first-order valence-electron chi connectivity index (χ1n) is 8.33. The lowest BCUT2D eigenvalue weighted by Gasteiger charge is -2.21.